The third-order valence-corrected chi connectivity index (χ3v) is 3.59. The molecule has 0 bridgehead atoms. The minimum Gasteiger partial charge on any atom is -0.396 e. The highest BCUT2D eigenvalue weighted by molar-refractivity contribution is 4.78. The van der Waals surface area contributed by atoms with Crippen LogP contribution in [0.1, 0.15) is 48.0 Å². The Morgan fingerprint density at radius 2 is 1.47 bits per heavy atom. The van der Waals surface area contributed by atoms with Crippen LogP contribution in [0.3, 0.4) is 0 Å². The topological polar surface area (TPSA) is 46.9 Å². The van der Waals surface area contributed by atoms with E-state index in [0.717, 1.165) is 19.6 Å². The predicted octanol–water partition coefficient (Wildman–Crippen LogP) is 1.77. The molecule has 0 fully saturated rings. The van der Waals surface area contributed by atoms with E-state index in [9.17, 15) is 5.11 Å². The van der Waals surface area contributed by atoms with Crippen LogP contribution in [0, 0.1) is 5.41 Å². The average Bonchev–Trinajstić information content (AvgIpc) is 2.25. The summed E-state index contributed by atoms with van der Waals surface area (Å²) in [6, 6.07) is 0. The molecule has 4 nitrogen and oxygen atoms in total. The van der Waals surface area contributed by atoms with Crippen LogP contribution in [0.2, 0.25) is 0 Å². The van der Waals surface area contributed by atoms with E-state index in [1.165, 1.54) is 0 Å². The Balaban J connectivity index is 4.52. The van der Waals surface area contributed by atoms with E-state index >= 15 is 0 Å². The molecule has 0 aliphatic rings. The second-order valence-electron chi connectivity index (χ2n) is 7.45. The summed E-state index contributed by atoms with van der Waals surface area (Å²) < 4.78 is 0. The second-order valence-corrected chi connectivity index (χ2v) is 7.45. The Morgan fingerprint density at radius 3 is 1.84 bits per heavy atom. The summed E-state index contributed by atoms with van der Waals surface area (Å²) in [5.41, 5.74) is -0.0366. The van der Waals surface area contributed by atoms with E-state index in [1.807, 2.05) is 20.8 Å². The zero-order valence-corrected chi connectivity index (χ0v) is 13.9. The van der Waals surface area contributed by atoms with Gasteiger partial charge in [0.2, 0.25) is 0 Å². The van der Waals surface area contributed by atoms with E-state index in [0.29, 0.717) is 6.42 Å². The van der Waals surface area contributed by atoms with Crippen molar-refractivity contribution < 1.29 is 10.2 Å². The lowest BCUT2D eigenvalue weighted by molar-refractivity contribution is -0.0760. The molecule has 116 valence electrons. The molecule has 0 spiro atoms. The molecule has 2 N–H and O–H groups in total. The van der Waals surface area contributed by atoms with Crippen LogP contribution < -0.4 is 0 Å². The maximum Gasteiger partial charge on any atom is 0.112 e. The van der Waals surface area contributed by atoms with Gasteiger partial charge < -0.3 is 15.1 Å². The van der Waals surface area contributed by atoms with Crippen LogP contribution in [-0.4, -0.2) is 65.1 Å². The summed E-state index contributed by atoms with van der Waals surface area (Å²) in [6.45, 7) is 15.3. The number of hydrogen-bond donors (Lipinski definition) is 2. The summed E-state index contributed by atoms with van der Waals surface area (Å²) in [4.78, 5) is 4.35. The lowest BCUT2D eigenvalue weighted by Crippen LogP contribution is -2.49. The molecule has 0 radical (unpaired) electrons. The molecule has 1 atom stereocenters. The van der Waals surface area contributed by atoms with E-state index < -0.39 is 6.23 Å². The third kappa shape index (κ3) is 7.25. The Bertz CT molecular complexity index is 244. The van der Waals surface area contributed by atoms with Gasteiger partial charge >= 0.3 is 0 Å². The highest BCUT2D eigenvalue weighted by atomic mass is 16.3. The predicted molar refractivity (Wildman–Crippen MR) is 81.1 cm³/mol. The summed E-state index contributed by atoms with van der Waals surface area (Å²) in [5, 5.41) is 19.4. The van der Waals surface area contributed by atoms with Crippen LogP contribution in [0.4, 0.5) is 0 Å². The molecule has 0 saturated carbocycles. The smallest absolute Gasteiger partial charge is 0.112 e. The van der Waals surface area contributed by atoms with Crippen LogP contribution >= 0.6 is 0 Å². The molecule has 4 heteroatoms. The highest BCUT2D eigenvalue weighted by Gasteiger charge is 2.28. The lowest BCUT2D eigenvalue weighted by Gasteiger charge is -2.39. The monoisotopic (exact) mass is 274 g/mol. The quantitative estimate of drug-likeness (QED) is 0.695. The Labute approximate surface area is 119 Å². The standard InChI is InChI=1S/C15H34N2O2/c1-14(2,3)13(19)17(9-8-12-18)11-10-16(7)15(4,5)6/h13,18-19H,8-12H2,1-7H3. The number of hydrogen-bond acceptors (Lipinski definition) is 4. The summed E-state index contributed by atoms with van der Waals surface area (Å²) in [5.74, 6) is 0. The molecule has 0 aromatic carbocycles. The van der Waals surface area contributed by atoms with Crippen molar-refractivity contribution >= 4 is 0 Å². The average molecular weight is 274 g/mol. The van der Waals surface area contributed by atoms with Crippen LogP contribution in [0.5, 0.6) is 0 Å². The fourth-order valence-corrected chi connectivity index (χ4v) is 1.79. The van der Waals surface area contributed by atoms with Crippen molar-refractivity contribution in [2.75, 3.05) is 33.3 Å². The van der Waals surface area contributed by atoms with Crippen LogP contribution in [0.25, 0.3) is 0 Å². The molecule has 0 saturated heterocycles. The summed E-state index contributed by atoms with van der Waals surface area (Å²) >= 11 is 0. The fourth-order valence-electron chi connectivity index (χ4n) is 1.79. The Morgan fingerprint density at radius 1 is 0.947 bits per heavy atom. The molecule has 0 aliphatic carbocycles. The molecule has 0 aromatic rings. The minimum absolute atomic E-state index is 0.134. The zero-order valence-electron chi connectivity index (χ0n) is 13.9. The largest absolute Gasteiger partial charge is 0.396 e. The zero-order chi connectivity index (χ0) is 15.3. The molecule has 0 aliphatic heterocycles. The van der Waals surface area contributed by atoms with Gasteiger partial charge in [-0.1, -0.05) is 20.8 Å². The lowest BCUT2D eigenvalue weighted by atomic mass is 9.93. The number of aliphatic hydroxyl groups excluding tert-OH is 2. The minimum atomic E-state index is -0.479. The van der Waals surface area contributed by atoms with Gasteiger partial charge in [-0.15, -0.1) is 0 Å². The molecule has 1 unspecified atom stereocenters. The fraction of sp³-hybridized carbons (Fsp3) is 1.00. The van der Waals surface area contributed by atoms with E-state index in [-0.39, 0.29) is 17.6 Å². The van der Waals surface area contributed by atoms with Gasteiger partial charge in [0.05, 0.1) is 0 Å². The van der Waals surface area contributed by atoms with Gasteiger partial charge in [0.1, 0.15) is 6.23 Å². The molecule has 0 heterocycles. The van der Waals surface area contributed by atoms with Gasteiger partial charge in [0, 0.05) is 37.2 Å². The van der Waals surface area contributed by atoms with E-state index in [4.69, 9.17) is 5.11 Å². The first-order valence-electron chi connectivity index (χ1n) is 7.24. The Kier molecular flexibility index (Phi) is 7.51. The van der Waals surface area contributed by atoms with E-state index in [1.54, 1.807) is 0 Å². The van der Waals surface area contributed by atoms with Crippen molar-refractivity contribution in [3.63, 3.8) is 0 Å². The van der Waals surface area contributed by atoms with Crippen molar-refractivity contribution in [2.24, 2.45) is 5.41 Å². The van der Waals surface area contributed by atoms with Gasteiger partial charge in [-0.3, -0.25) is 4.90 Å². The third-order valence-electron chi connectivity index (χ3n) is 3.59. The molecular weight excluding hydrogens is 240 g/mol. The molecule has 0 aromatic heterocycles. The maximum atomic E-state index is 10.4. The van der Waals surface area contributed by atoms with Crippen molar-refractivity contribution in [2.45, 2.75) is 59.7 Å². The van der Waals surface area contributed by atoms with E-state index in [2.05, 4.69) is 37.6 Å². The molecule has 0 amide bonds. The van der Waals surface area contributed by atoms with Gasteiger partial charge in [0.15, 0.2) is 0 Å². The summed E-state index contributed by atoms with van der Waals surface area (Å²) in [7, 11) is 2.10. The SMILES string of the molecule is CN(CCN(CCCO)C(O)C(C)(C)C)C(C)(C)C. The molecular formula is C15H34N2O2. The second kappa shape index (κ2) is 7.58. The molecule has 0 rings (SSSR count). The van der Waals surface area contributed by atoms with Crippen molar-refractivity contribution in [3.05, 3.63) is 0 Å². The van der Waals surface area contributed by atoms with Gasteiger partial charge in [-0.05, 0) is 34.2 Å². The van der Waals surface area contributed by atoms with Crippen LogP contribution in [0.15, 0.2) is 0 Å². The normalized spacial score (nSPS) is 15.3. The van der Waals surface area contributed by atoms with Crippen LogP contribution in [-0.2, 0) is 0 Å². The Hall–Kier alpha value is -0.160. The van der Waals surface area contributed by atoms with Gasteiger partial charge in [0.25, 0.3) is 0 Å². The first-order chi connectivity index (χ1) is 8.50. The number of rotatable bonds is 7. The maximum absolute atomic E-state index is 10.4. The first-order valence-corrected chi connectivity index (χ1v) is 7.24. The van der Waals surface area contributed by atoms with Crippen molar-refractivity contribution in [1.82, 2.24) is 9.80 Å². The molecule has 19 heavy (non-hydrogen) atoms. The number of nitrogens with zero attached hydrogens (tertiary/aromatic N) is 2. The van der Waals surface area contributed by atoms with Crippen molar-refractivity contribution in [1.29, 1.82) is 0 Å². The van der Waals surface area contributed by atoms with Gasteiger partial charge in [-0.25, -0.2) is 0 Å². The van der Waals surface area contributed by atoms with Gasteiger partial charge in [-0.2, -0.15) is 0 Å². The van der Waals surface area contributed by atoms with Crippen molar-refractivity contribution in [3.8, 4) is 0 Å². The summed E-state index contributed by atoms with van der Waals surface area (Å²) in [6.07, 6.45) is 0.222. The first kappa shape index (κ1) is 18.8. The highest BCUT2D eigenvalue weighted by Crippen LogP contribution is 2.22. The number of aliphatic hydroxyl groups is 2. The number of likely N-dealkylation sites (N-methyl/N-ethyl adjacent to an activating group) is 1.